The maximum atomic E-state index is 11.6. The maximum absolute atomic E-state index is 11.6. The highest BCUT2D eigenvalue weighted by molar-refractivity contribution is 7.89. The number of primary sulfonamides is 1. The second-order valence-corrected chi connectivity index (χ2v) is 5.98. The van der Waals surface area contributed by atoms with Crippen molar-refractivity contribution in [3.63, 3.8) is 0 Å². The Kier molecular flexibility index (Phi) is 2.94. The molecule has 0 radical (unpaired) electrons. The first-order valence-corrected chi connectivity index (χ1v) is 7.53. The summed E-state index contributed by atoms with van der Waals surface area (Å²) in [5.41, 5.74) is 0.636. The van der Waals surface area contributed by atoms with Gasteiger partial charge < -0.3 is 4.74 Å². The van der Waals surface area contributed by atoms with Gasteiger partial charge in [-0.05, 0) is 18.9 Å². The molecule has 0 atom stereocenters. The third-order valence-corrected chi connectivity index (χ3v) is 3.86. The summed E-state index contributed by atoms with van der Waals surface area (Å²) in [5, 5.41) is 12.7. The van der Waals surface area contributed by atoms with Crippen LogP contribution in [0.1, 0.15) is 18.9 Å². The van der Waals surface area contributed by atoms with Crippen LogP contribution in [0.4, 0.5) is 0 Å². The molecule has 0 spiro atoms. The van der Waals surface area contributed by atoms with Crippen molar-refractivity contribution < 1.29 is 13.2 Å². The molecule has 1 aliphatic carbocycles. The van der Waals surface area contributed by atoms with Gasteiger partial charge in [0, 0.05) is 12.2 Å². The molecule has 8 nitrogen and oxygen atoms in total. The highest BCUT2D eigenvalue weighted by Gasteiger charge is 2.34. The van der Waals surface area contributed by atoms with E-state index >= 15 is 0 Å². The van der Waals surface area contributed by atoms with Crippen molar-refractivity contribution in [3.05, 3.63) is 18.5 Å². The minimum atomic E-state index is -3.91. The number of ether oxygens (including phenoxy) is 1. The van der Waals surface area contributed by atoms with E-state index in [-0.39, 0.29) is 11.2 Å². The Morgan fingerprint density at radius 1 is 1.40 bits per heavy atom. The van der Waals surface area contributed by atoms with Crippen LogP contribution in [0.5, 0.6) is 5.75 Å². The van der Waals surface area contributed by atoms with Crippen molar-refractivity contribution in [2.24, 2.45) is 5.14 Å². The van der Waals surface area contributed by atoms with E-state index in [0.29, 0.717) is 17.1 Å². The molecule has 3 rings (SSSR count). The predicted octanol–water partition coefficient (Wildman–Crippen LogP) is 0.331. The van der Waals surface area contributed by atoms with Gasteiger partial charge in [0.25, 0.3) is 15.2 Å². The fourth-order valence-electron chi connectivity index (χ4n) is 2.04. The zero-order valence-corrected chi connectivity index (χ0v) is 11.5. The van der Waals surface area contributed by atoms with Gasteiger partial charge in [-0.3, -0.25) is 9.55 Å². The molecule has 2 aromatic heterocycles. The lowest BCUT2D eigenvalue weighted by atomic mass is 10.2. The molecular formula is C11H13N5O3S. The number of hydrogen-bond donors (Lipinski definition) is 1. The minimum Gasteiger partial charge on any atom is -0.494 e. The Balaban J connectivity index is 2.22. The molecule has 20 heavy (non-hydrogen) atoms. The molecular weight excluding hydrogens is 282 g/mol. The van der Waals surface area contributed by atoms with Gasteiger partial charge in [-0.1, -0.05) is 0 Å². The first-order valence-electron chi connectivity index (χ1n) is 5.98. The van der Waals surface area contributed by atoms with Gasteiger partial charge in [-0.25, -0.2) is 13.6 Å². The van der Waals surface area contributed by atoms with E-state index in [9.17, 15) is 8.42 Å². The third-order valence-electron chi connectivity index (χ3n) is 3.08. The van der Waals surface area contributed by atoms with Crippen LogP contribution in [-0.2, 0) is 10.0 Å². The molecule has 2 aromatic rings. The lowest BCUT2D eigenvalue weighted by Gasteiger charge is -2.10. The van der Waals surface area contributed by atoms with Gasteiger partial charge in [0.05, 0.1) is 18.9 Å². The Labute approximate surface area is 115 Å². The van der Waals surface area contributed by atoms with Crippen molar-refractivity contribution >= 4 is 10.0 Å². The van der Waals surface area contributed by atoms with E-state index in [4.69, 9.17) is 9.88 Å². The summed E-state index contributed by atoms with van der Waals surface area (Å²) < 4.78 is 30.0. The Bertz CT molecular complexity index is 751. The fraction of sp³-hybridized carbons (Fsp3) is 0.364. The molecule has 0 bridgehead atoms. The van der Waals surface area contributed by atoms with E-state index in [2.05, 4.69) is 15.2 Å². The number of nitrogens with zero attached hydrogens (tertiary/aromatic N) is 4. The van der Waals surface area contributed by atoms with E-state index in [0.717, 1.165) is 12.8 Å². The summed E-state index contributed by atoms with van der Waals surface area (Å²) in [6.07, 6.45) is 4.88. The molecule has 2 N–H and O–H groups in total. The van der Waals surface area contributed by atoms with Gasteiger partial charge in [0.15, 0.2) is 5.82 Å². The van der Waals surface area contributed by atoms with E-state index < -0.39 is 10.0 Å². The summed E-state index contributed by atoms with van der Waals surface area (Å²) >= 11 is 0. The SMILES string of the molecule is COc1cnccc1-c1nnc(S(N)(=O)=O)n1C1CC1. The van der Waals surface area contributed by atoms with E-state index in [1.165, 1.54) is 13.3 Å². The molecule has 0 saturated heterocycles. The molecule has 1 saturated carbocycles. The largest absolute Gasteiger partial charge is 0.494 e. The van der Waals surface area contributed by atoms with Crippen LogP contribution in [0.3, 0.4) is 0 Å². The number of nitrogens with two attached hydrogens (primary N) is 1. The average molecular weight is 295 g/mol. The number of aromatic nitrogens is 4. The van der Waals surface area contributed by atoms with Crippen molar-refractivity contribution in [2.45, 2.75) is 24.0 Å². The highest BCUT2D eigenvalue weighted by atomic mass is 32.2. The average Bonchev–Trinajstić information content (AvgIpc) is 3.15. The zero-order valence-electron chi connectivity index (χ0n) is 10.7. The van der Waals surface area contributed by atoms with Crippen molar-refractivity contribution in [2.75, 3.05) is 7.11 Å². The third kappa shape index (κ3) is 2.14. The number of pyridine rings is 1. The fourth-order valence-corrected chi connectivity index (χ4v) is 2.71. The number of hydrogen-bond acceptors (Lipinski definition) is 6. The molecule has 0 aliphatic heterocycles. The molecule has 106 valence electrons. The smallest absolute Gasteiger partial charge is 0.273 e. The summed E-state index contributed by atoms with van der Waals surface area (Å²) in [4.78, 5) is 3.96. The molecule has 0 amide bonds. The van der Waals surface area contributed by atoms with Gasteiger partial charge >= 0.3 is 0 Å². The normalized spacial score (nSPS) is 15.3. The molecule has 1 aliphatic rings. The van der Waals surface area contributed by atoms with Crippen LogP contribution < -0.4 is 9.88 Å². The second kappa shape index (κ2) is 4.53. The second-order valence-electron chi connectivity index (χ2n) is 4.53. The van der Waals surface area contributed by atoms with Gasteiger partial charge in [0.2, 0.25) is 0 Å². The van der Waals surface area contributed by atoms with Crippen LogP contribution in [-0.4, -0.2) is 35.3 Å². The first kappa shape index (κ1) is 13.0. The van der Waals surface area contributed by atoms with E-state index in [1.807, 2.05) is 0 Å². The Morgan fingerprint density at radius 3 is 2.75 bits per heavy atom. The lowest BCUT2D eigenvalue weighted by molar-refractivity contribution is 0.414. The monoisotopic (exact) mass is 295 g/mol. The molecule has 0 aromatic carbocycles. The molecule has 1 fully saturated rings. The molecule has 2 heterocycles. The van der Waals surface area contributed by atoms with Crippen molar-refractivity contribution in [1.29, 1.82) is 0 Å². The number of methoxy groups -OCH3 is 1. The maximum Gasteiger partial charge on any atom is 0.273 e. The number of rotatable bonds is 4. The lowest BCUT2D eigenvalue weighted by Crippen LogP contribution is -2.18. The van der Waals surface area contributed by atoms with Crippen LogP contribution in [0, 0.1) is 0 Å². The quantitative estimate of drug-likeness (QED) is 0.869. The number of sulfonamides is 1. The van der Waals surface area contributed by atoms with E-state index in [1.54, 1.807) is 16.8 Å². The summed E-state index contributed by atoms with van der Waals surface area (Å²) in [6.45, 7) is 0. The van der Waals surface area contributed by atoms with Gasteiger partial charge in [-0.15, -0.1) is 10.2 Å². The Hall–Kier alpha value is -2.00. The standard InChI is InChI=1S/C11H13N5O3S/c1-19-9-6-13-5-4-8(9)10-14-15-11(20(12,17)18)16(10)7-2-3-7/h4-7H,2-3H2,1H3,(H2,12,17,18). The highest BCUT2D eigenvalue weighted by Crippen LogP contribution is 2.41. The van der Waals surface area contributed by atoms with Gasteiger partial charge in [0.1, 0.15) is 5.75 Å². The molecule has 0 unspecified atom stereocenters. The summed E-state index contributed by atoms with van der Waals surface area (Å²) in [7, 11) is -2.40. The molecule has 9 heteroatoms. The summed E-state index contributed by atoms with van der Waals surface area (Å²) in [6, 6.07) is 1.76. The van der Waals surface area contributed by atoms with Crippen LogP contribution in [0.25, 0.3) is 11.4 Å². The zero-order chi connectivity index (χ0) is 14.3. The predicted molar refractivity (Wildman–Crippen MR) is 69.4 cm³/mol. The van der Waals surface area contributed by atoms with Gasteiger partial charge in [-0.2, -0.15) is 0 Å². The van der Waals surface area contributed by atoms with Crippen LogP contribution in [0.15, 0.2) is 23.6 Å². The van der Waals surface area contributed by atoms with Crippen LogP contribution in [0.2, 0.25) is 0 Å². The Morgan fingerprint density at radius 2 is 2.15 bits per heavy atom. The first-order chi connectivity index (χ1) is 9.52. The van der Waals surface area contributed by atoms with Crippen molar-refractivity contribution in [1.82, 2.24) is 19.7 Å². The topological polar surface area (TPSA) is 113 Å². The minimum absolute atomic E-state index is 0.0613. The van der Waals surface area contributed by atoms with Crippen molar-refractivity contribution in [3.8, 4) is 17.1 Å². The summed E-state index contributed by atoms with van der Waals surface area (Å²) in [5.74, 6) is 0.929. The van der Waals surface area contributed by atoms with Crippen LogP contribution >= 0.6 is 0 Å².